The maximum absolute atomic E-state index is 13.0. The van der Waals surface area contributed by atoms with Crippen LogP contribution >= 0.6 is 0 Å². The van der Waals surface area contributed by atoms with Crippen molar-refractivity contribution in [2.45, 2.75) is 30.7 Å². The van der Waals surface area contributed by atoms with E-state index in [4.69, 9.17) is 5.73 Å². The lowest BCUT2D eigenvalue weighted by Crippen LogP contribution is -2.42. The maximum Gasteiger partial charge on any atom is 0.262 e. The number of hydrogen-bond acceptors (Lipinski definition) is 4. The van der Waals surface area contributed by atoms with Crippen molar-refractivity contribution in [2.24, 2.45) is 5.73 Å². The molecular weight excluding hydrogens is 369 g/mol. The molecule has 0 saturated carbocycles. The molecular formula is C19H22FN3O3S. The Bertz CT molecular complexity index is 937. The van der Waals surface area contributed by atoms with Crippen LogP contribution in [0, 0.1) is 12.7 Å². The Morgan fingerprint density at radius 2 is 1.78 bits per heavy atom. The molecule has 8 heteroatoms. The van der Waals surface area contributed by atoms with Crippen LogP contribution in [0.2, 0.25) is 0 Å². The molecule has 0 aromatic heterocycles. The van der Waals surface area contributed by atoms with Crippen LogP contribution in [-0.4, -0.2) is 38.4 Å². The molecule has 0 atom stereocenters. The fourth-order valence-electron chi connectivity index (χ4n) is 3.04. The van der Waals surface area contributed by atoms with Gasteiger partial charge in [0.05, 0.1) is 4.90 Å². The number of sulfonamides is 1. The Kier molecular flexibility index (Phi) is 5.48. The lowest BCUT2D eigenvalue weighted by Gasteiger charge is -2.30. The second-order valence-electron chi connectivity index (χ2n) is 6.72. The molecule has 1 fully saturated rings. The number of amides is 1. The van der Waals surface area contributed by atoms with Crippen LogP contribution in [-0.2, 0) is 10.0 Å². The standard InChI is InChI=1S/C19H22FN3O3S/c1-13-2-3-14(19(24)23-10-8-16(21)9-11-23)12-18(13)27(25,26)22-17-6-4-15(20)5-7-17/h2-7,12,16,22H,8-11,21H2,1H3. The third-order valence-electron chi connectivity index (χ3n) is 4.65. The van der Waals surface area contributed by atoms with E-state index in [0.717, 1.165) is 12.8 Å². The van der Waals surface area contributed by atoms with Gasteiger partial charge in [-0.1, -0.05) is 6.07 Å². The second-order valence-corrected chi connectivity index (χ2v) is 8.37. The summed E-state index contributed by atoms with van der Waals surface area (Å²) in [5.41, 5.74) is 6.95. The number of nitrogens with zero attached hydrogens (tertiary/aromatic N) is 1. The predicted octanol–water partition coefficient (Wildman–Crippen LogP) is 2.50. The Morgan fingerprint density at radius 1 is 1.15 bits per heavy atom. The van der Waals surface area contributed by atoms with Gasteiger partial charge in [-0.2, -0.15) is 0 Å². The summed E-state index contributed by atoms with van der Waals surface area (Å²) in [6.45, 7) is 2.78. The SMILES string of the molecule is Cc1ccc(C(=O)N2CCC(N)CC2)cc1S(=O)(=O)Nc1ccc(F)cc1. The first-order valence-electron chi connectivity index (χ1n) is 8.70. The van der Waals surface area contributed by atoms with Gasteiger partial charge in [-0.05, 0) is 61.7 Å². The number of aryl methyl sites for hydroxylation is 1. The first-order valence-corrected chi connectivity index (χ1v) is 10.2. The molecule has 1 aliphatic rings. The van der Waals surface area contributed by atoms with Gasteiger partial charge < -0.3 is 10.6 Å². The van der Waals surface area contributed by atoms with Gasteiger partial charge in [0.25, 0.3) is 15.9 Å². The monoisotopic (exact) mass is 391 g/mol. The fourth-order valence-corrected chi connectivity index (χ4v) is 4.37. The van der Waals surface area contributed by atoms with Crippen LogP contribution < -0.4 is 10.5 Å². The van der Waals surface area contributed by atoms with Crippen LogP contribution in [0.1, 0.15) is 28.8 Å². The average Bonchev–Trinajstić information content (AvgIpc) is 2.64. The Hall–Kier alpha value is -2.45. The normalized spacial score (nSPS) is 15.6. The van der Waals surface area contributed by atoms with Crippen molar-refractivity contribution >= 4 is 21.6 Å². The number of nitrogens with one attached hydrogen (secondary N) is 1. The summed E-state index contributed by atoms with van der Waals surface area (Å²) < 4.78 is 41.0. The smallest absolute Gasteiger partial charge is 0.262 e. The topological polar surface area (TPSA) is 92.5 Å². The van der Waals surface area contributed by atoms with E-state index in [1.807, 2.05) is 0 Å². The number of hydrogen-bond donors (Lipinski definition) is 2. The van der Waals surface area contributed by atoms with Crippen LogP contribution in [0.15, 0.2) is 47.4 Å². The molecule has 0 radical (unpaired) electrons. The summed E-state index contributed by atoms with van der Waals surface area (Å²) in [5.74, 6) is -0.664. The largest absolute Gasteiger partial charge is 0.339 e. The summed E-state index contributed by atoms with van der Waals surface area (Å²) in [6, 6.07) is 9.76. The number of anilines is 1. The van der Waals surface area contributed by atoms with Crippen molar-refractivity contribution in [1.29, 1.82) is 0 Å². The number of rotatable bonds is 4. The molecule has 0 aliphatic carbocycles. The second kappa shape index (κ2) is 7.66. The minimum Gasteiger partial charge on any atom is -0.339 e. The van der Waals surface area contributed by atoms with E-state index >= 15 is 0 Å². The molecule has 3 N–H and O–H groups in total. The third kappa shape index (κ3) is 4.45. The number of halogens is 1. The molecule has 0 spiro atoms. The number of carbonyl (C=O) groups excluding carboxylic acids is 1. The number of benzene rings is 2. The predicted molar refractivity (Wildman–Crippen MR) is 102 cm³/mol. The van der Waals surface area contributed by atoms with Gasteiger partial charge in [-0.3, -0.25) is 9.52 Å². The maximum atomic E-state index is 13.0. The summed E-state index contributed by atoms with van der Waals surface area (Å²) in [5, 5.41) is 0. The molecule has 2 aromatic rings. The highest BCUT2D eigenvalue weighted by atomic mass is 32.2. The van der Waals surface area contributed by atoms with Crippen LogP contribution in [0.3, 0.4) is 0 Å². The van der Waals surface area contributed by atoms with E-state index in [9.17, 15) is 17.6 Å². The van der Waals surface area contributed by atoms with Crippen molar-refractivity contribution in [3.8, 4) is 0 Å². The van der Waals surface area contributed by atoms with Crippen LogP contribution in [0.25, 0.3) is 0 Å². The third-order valence-corrected chi connectivity index (χ3v) is 6.17. The molecule has 1 aliphatic heterocycles. The lowest BCUT2D eigenvalue weighted by atomic mass is 10.0. The Morgan fingerprint density at radius 3 is 2.41 bits per heavy atom. The van der Waals surface area contributed by atoms with Gasteiger partial charge in [0.15, 0.2) is 0 Å². The molecule has 144 valence electrons. The van der Waals surface area contributed by atoms with E-state index in [2.05, 4.69) is 4.72 Å². The minimum atomic E-state index is -3.92. The van der Waals surface area contributed by atoms with Gasteiger partial charge in [0, 0.05) is 30.4 Å². The quantitative estimate of drug-likeness (QED) is 0.838. The molecule has 1 amide bonds. The molecule has 0 bridgehead atoms. The summed E-state index contributed by atoms with van der Waals surface area (Å²) in [4.78, 5) is 14.4. The summed E-state index contributed by atoms with van der Waals surface area (Å²) in [6.07, 6.45) is 1.46. The first kappa shape index (κ1) is 19.3. The van der Waals surface area contributed by atoms with E-state index in [1.54, 1.807) is 24.0 Å². The van der Waals surface area contributed by atoms with Crippen molar-refractivity contribution in [1.82, 2.24) is 4.90 Å². The molecule has 3 rings (SSSR count). The molecule has 1 saturated heterocycles. The first-order chi connectivity index (χ1) is 12.8. The summed E-state index contributed by atoms with van der Waals surface area (Å²) in [7, 11) is -3.92. The fraction of sp³-hybridized carbons (Fsp3) is 0.316. The number of likely N-dealkylation sites (tertiary alicyclic amines) is 1. The van der Waals surface area contributed by atoms with E-state index in [1.165, 1.54) is 30.3 Å². The molecule has 0 unspecified atom stereocenters. The highest BCUT2D eigenvalue weighted by molar-refractivity contribution is 7.92. The van der Waals surface area contributed by atoms with Gasteiger partial charge >= 0.3 is 0 Å². The Labute approximate surface area is 158 Å². The number of nitrogens with two attached hydrogens (primary N) is 1. The van der Waals surface area contributed by atoms with E-state index < -0.39 is 15.8 Å². The Balaban J connectivity index is 1.86. The molecule has 1 heterocycles. The molecule has 27 heavy (non-hydrogen) atoms. The lowest BCUT2D eigenvalue weighted by molar-refractivity contribution is 0.0714. The minimum absolute atomic E-state index is 0.0198. The van der Waals surface area contributed by atoms with Gasteiger partial charge in [0.2, 0.25) is 0 Å². The van der Waals surface area contributed by atoms with Crippen LogP contribution in [0.4, 0.5) is 10.1 Å². The zero-order valence-corrected chi connectivity index (χ0v) is 15.8. The van der Waals surface area contributed by atoms with Crippen molar-refractivity contribution < 1.29 is 17.6 Å². The van der Waals surface area contributed by atoms with Crippen LogP contribution in [0.5, 0.6) is 0 Å². The number of carbonyl (C=O) groups is 1. The zero-order chi connectivity index (χ0) is 19.6. The summed E-state index contributed by atoms with van der Waals surface area (Å²) >= 11 is 0. The molecule has 2 aromatic carbocycles. The van der Waals surface area contributed by atoms with Gasteiger partial charge in [-0.15, -0.1) is 0 Å². The number of piperidine rings is 1. The molecule has 6 nitrogen and oxygen atoms in total. The van der Waals surface area contributed by atoms with Crippen molar-refractivity contribution in [3.63, 3.8) is 0 Å². The van der Waals surface area contributed by atoms with Crippen molar-refractivity contribution in [2.75, 3.05) is 17.8 Å². The van der Waals surface area contributed by atoms with Gasteiger partial charge in [-0.25, -0.2) is 12.8 Å². The van der Waals surface area contributed by atoms with Crippen molar-refractivity contribution in [3.05, 3.63) is 59.4 Å². The van der Waals surface area contributed by atoms with E-state index in [0.29, 0.717) is 24.2 Å². The highest BCUT2D eigenvalue weighted by Crippen LogP contribution is 2.22. The van der Waals surface area contributed by atoms with Gasteiger partial charge in [0.1, 0.15) is 5.82 Å². The highest BCUT2D eigenvalue weighted by Gasteiger charge is 2.24. The average molecular weight is 391 g/mol. The zero-order valence-electron chi connectivity index (χ0n) is 15.0. The van der Waals surface area contributed by atoms with E-state index in [-0.39, 0.29) is 22.5 Å².